The standard InChI is InChI=1S/C12H14F3NO3S2/c1-7-8(2)20(17)4-3-16(7)21(18,19)9-5-10(13)12(15)11(14)6-9/h5-8H,3-4H2,1-2H3/t7-,8-,20+/m1/s1. The third kappa shape index (κ3) is 2.86. The molecule has 1 heterocycles. The van der Waals surface area contributed by atoms with E-state index in [1.165, 1.54) is 0 Å². The van der Waals surface area contributed by atoms with E-state index in [1.54, 1.807) is 13.8 Å². The molecular formula is C12H14F3NO3S2. The predicted molar refractivity (Wildman–Crippen MR) is 72.1 cm³/mol. The van der Waals surface area contributed by atoms with Gasteiger partial charge in [-0.15, -0.1) is 0 Å². The van der Waals surface area contributed by atoms with Crippen molar-refractivity contribution in [2.75, 3.05) is 12.3 Å². The largest absolute Gasteiger partial charge is 0.259 e. The predicted octanol–water partition coefficient (Wildman–Crippen LogP) is 1.63. The molecule has 0 N–H and O–H groups in total. The first-order valence-corrected chi connectivity index (χ1v) is 9.02. The molecule has 0 bridgehead atoms. The molecule has 1 fully saturated rings. The van der Waals surface area contributed by atoms with Gasteiger partial charge < -0.3 is 0 Å². The van der Waals surface area contributed by atoms with E-state index in [0.717, 1.165) is 4.31 Å². The van der Waals surface area contributed by atoms with Crippen LogP contribution in [-0.4, -0.2) is 40.5 Å². The molecule has 0 amide bonds. The Hall–Kier alpha value is -0.930. The summed E-state index contributed by atoms with van der Waals surface area (Å²) in [5.41, 5.74) is 0. The van der Waals surface area contributed by atoms with E-state index in [9.17, 15) is 25.8 Å². The Balaban J connectivity index is 2.45. The summed E-state index contributed by atoms with van der Waals surface area (Å²) in [5.74, 6) is -4.68. The number of benzene rings is 1. The maximum atomic E-state index is 13.2. The van der Waals surface area contributed by atoms with E-state index in [2.05, 4.69) is 0 Å². The van der Waals surface area contributed by atoms with Gasteiger partial charge in [0.1, 0.15) is 0 Å². The summed E-state index contributed by atoms with van der Waals surface area (Å²) in [5, 5.41) is -0.399. The first kappa shape index (κ1) is 16.4. The lowest BCUT2D eigenvalue weighted by Crippen LogP contribution is -2.52. The summed E-state index contributed by atoms with van der Waals surface area (Å²) in [6.45, 7) is 3.21. The maximum Gasteiger partial charge on any atom is 0.243 e. The molecule has 1 aromatic carbocycles. The van der Waals surface area contributed by atoms with Gasteiger partial charge in [-0.3, -0.25) is 4.21 Å². The van der Waals surface area contributed by atoms with Crippen molar-refractivity contribution in [2.45, 2.75) is 30.0 Å². The number of rotatable bonds is 2. The van der Waals surface area contributed by atoms with Crippen LogP contribution in [0.4, 0.5) is 13.2 Å². The third-order valence-corrected chi connectivity index (χ3v) is 7.40. The van der Waals surface area contributed by atoms with Crippen molar-refractivity contribution in [3.05, 3.63) is 29.6 Å². The second-order valence-electron chi connectivity index (χ2n) is 4.85. The summed E-state index contributed by atoms with van der Waals surface area (Å²) < 4.78 is 77.0. The summed E-state index contributed by atoms with van der Waals surface area (Å²) in [6.07, 6.45) is 0. The van der Waals surface area contributed by atoms with Gasteiger partial charge in [0, 0.05) is 34.4 Å². The first-order chi connectivity index (χ1) is 9.66. The molecule has 3 atom stereocenters. The van der Waals surface area contributed by atoms with Gasteiger partial charge in [0.25, 0.3) is 0 Å². The van der Waals surface area contributed by atoms with Crippen LogP contribution in [0, 0.1) is 17.5 Å². The van der Waals surface area contributed by atoms with Gasteiger partial charge in [-0.1, -0.05) is 0 Å². The van der Waals surface area contributed by atoms with E-state index in [-0.39, 0.29) is 12.3 Å². The van der Waals surface area contributed by atoms with Crippen molar-refractivity contribution < 1.29 is 25.8 Å². The Morgan fingerprint density at radius 1 is 1.19 bits per heavy atom. The molecule has 21 heavy (non-hydrogen) atoms. The second kappa shape index (κ2) is 5.69. The van der Waals surface area contributed by atoms with Gasteiger partial charge in [-0.25, -0.2) is 21.6 Å². The molecule has 0 unspecified atom stereocenters. The van der Waals surface area contributed by atoms with E-state index in [0.29, 0.717) is 12.1 Å². The van der Waals surface area contributed by atoms with E-state index < -0.39 is 54.5 Å². The Kier molecular flexibility index (Phi) is 4.46. The average Bonchev–Trinajstić information content (AvgIpc) is 2.41. The normalized spacial score (nSPS) is 27.8. The van der Waals surface area contributed by atoms with Gasteiger partial charge in [0.15, 0.2) is 17.5 Å². The zero-order valence-electron chi connectivity index (χ0n) is 11.3. The van der Waals surface area contributed by atoms with Gasteiger partial charge in [-0.05, 0) is 26.0 Å². The minimum absolute atomic E-state index is 0.0128. The van der Waals surface area contributed by atoms with Gasteiger partial charge in [-0.2, -0.15) is 4.31 Å². The molecule has 1 aromatic rings. The third-order valence-electron chi connectivity index (χ3n) is 3.63. The van der Waals surface area contributed by atoms with Crippen LogP contribution in [0.3, 0.4) is 0 Å². The highest BCUT2D eigenvalue weighted by atomic mass is 32.2. The fourth-order valence-electron chi connectivity index (χ4n) is 2.18. The van der Waals surface area contributed by atoms with Crippen molar-refractivity contribution in [2.24, 2.45) is 0 Å². The highest BCUT2D eigenvalue weighted by Crippen LogP contribution is 2.26. The van der Waals surface area contributed by atoms with Gasteiger partial charge in [0.05, 0.1) is 4.90 Å². The van der Waals surface area contributed by atoms with Crippen LogP contribution < -0.4 is 0 Å². The summed E-state index contributed by atoms with van der Waals surface area (Å²) >= 11 is 0. The van der Waals surface area contributed by atoms with Crippen LogP contribution in [0.2, 0.25) is 0 Å². The molecule has 0 aromatic heterocycles. The SMILES string of the molecule is C[C@@H]1[C@@H](C)[S@@](=O)CCN1S(=O)(=O)c1cc(F)c(F)c(F)c1. The van der Waals surface area contributed by atoms with Crippen LogP contribution >= 0.6 is 0 Å². The molecule has 1 aliphatic heterocycles. The Morgan fingerprint density at radius 2 is 1.71 bits per heavy atom. The van der Waals surface area contributed by atoms with Crippen LogP contribution in [-0.2, 0) is 20.8 Å². The lowest BCUT2D eigenvalue weighted by atomic mass is 10.2. The van der Waals surface area contributed by atoms with Gasteiger partial charge in [0.2, 0.25) is 10.0 Å². The lowest BCUT2D eigenvalue weighted by Gasteiger charge is -2.36. The average molecular weight is 341 g/mol. The van der Waals surface area contributed by atoms with Crippen molar-refractivity contribution in [3.63, 3.8) is 0 Å². The molecule has 0 aliphatic carbocycles. The second-order valence-corrected chi connectivity index (χ2v) is 8.65. The summed E-state index contributed by atoms with van der Waals surface area (Å²) in [7, 11) is -5.33. The van der Waals surface area contributed by atoms with Crippen LogP contribution in [0.1, 0.15) is 13.8 Å². The first-order valence-electron chi connectivity index (χ1n) is 6.20. The van der Waals surface area contributed by atoms with Crippen molar-refractivity contribution in [1.29, 1.82) is 0 Å². The minimum atomic E-state index is -4.18. The molecular weight excluding hydrogens is 327 g/mol. The number of hydrogen-bond donors (Lipinski definition) is 0. The molecule has 0 spiro atoms. The molecule has 118 valence electrons. The molecule has 1 saturated heterocycles. The smallest absolute Gasteiger partial charge is 0.243 e. The molecule has 0 saturated carbocycles. The summed E-state index contributed by atoms with van der Waals surface area (Å²) in [4.78, 5) is -0.648. The lowest BCUT2D eigenvalue weighted by molar-refractivity contribution is 0.333. The van der Waals surface area contributed by atoms with E-state index >= 15 is 0 Å². The number of sulfonamides is 1. The Bertz CT molecular complexity index is 670. The van der Waals surface area contributed by atoms with Crippen molar-refractivity contribution in [1.82, 2.24) is 4.31 Å². The quantitative estimate of drug-likeness (QED) is 0.769. The molecule has 1 aliphatic rings. The number of nitrogens with zero attached hydrogens (tertiary/aromatic N) is 1. The highest BCUT2D eigenvalue weighted by Gasteiger charge is 2.38. The maximum absolute atomic E-state index is 13.2. The zero-order chi connectivity index (χ0) is 15.9. The molecule has 0 radical (unpaired) electrons. The van der Waals surface area contributed by atoms with E-state index in [1.807, 2.05) is 0 Å². The summed E-state index contributed by atoms with van der Waals surface area (Å²) in [6, 6.07) is 0.327. The van der Waals surface area contributed by atoms with Crippen LogP contribution in [0.5, 0.6) is 0 Å². The Morgan fingerprint density at radius 3 is 2.24 bits per heavy atom. The van der Waals surface area contributed by atoms with E-state index in [4.69, 9.17) is 0 Å². The monoisotopic (exact) mass is 341 g/mol. The van der Waals surface area contributed by atoms with Crippen LogP contribution in [0.25, 0.3) is 0 Å². The number of halogens is 3. The molecule has 2 rings (SSSR count). The van der Waals surface area contributed by atoms with Crippen molar-refractivity contribution in [3.8, 4) is 0 Å². The van der Waals surface area contributed by atoms with Gasteiger partial charge >= 0.3 is 0 Å². The Labute approximate surface area is 123 Å². The highest BCUT2D eigenvalue weighted by molar-refractivity contribution is 7.89. The molecule has 4 nitrogen and oxygen atoms in total. The van der Waals surface area contributed by atoms with Crippen molar-refractivity contribution >= 4 is 20.8 Å². The zero-order valence-corrected chi connectivity index (χ0v) is 13.0. The topological polar surface area (TPSA) is 54.5 Å². The molecule has 9 heteroatoms. The minimum Gasteiger partial charge on any atom is -0.259 e. The fraction of sp³-hybridized carbons (Fsp3) is 0.500. The number of hydrogen-bond acceptors (Lipinski definition) is 3. The fourth-order valence-corrected chi connectivity index (χ4v) is 5.43. The van der Waals surface area contributed by atoms with Crippen LogP contribution in [0.15, 0.2) is 17.0 Å².